The predicted octanol–water partition coefficient (Wildman–Crippen LogP) is 4.57. The molecule has 9 heteroatoms. The summed E-state index contributed by atoms with van der Waals surface area (Å²) in [5.41, 5.74) is 1.35. The van der Waals surface area contributed by atoms with Gasteiger partial charge in [0.2, 0.25) is 0 Å². The third-order valence-electron chi connectivity index (χ3n) is 4.42. The van der Waals surface area contributed by atoms with Gasteiger partial charge in [-0.15, -0.1) is 0 Å². The Labute approximate surface area is 173 Å². The number of fused-ring (bicyclic) bond motifs is 2. The molecule has 4 rings (SSSR count). The summed E-state index contributed by atoms with van der Waals surface area (Å²) in [5.74, 6) is 1.17. The van der Waals surface area contributed by atoms with E-state index in [1.807, 2.05) is 29.2 Å². The van der Waals surface area contributed by atoms with Crippen molar-refractivity contribution in [3.8, 4) is 0 Å². The van der Waals surface area contributed by atoms with Crippen molar-refractivity contribution in [2.45, 2.75) is 18.7 Å². The standard InChI is InChI=1S/C19H18Cl2N4O2S/c1-12(2)10-24-11-25(28(26,27)17-9-13(20)7-8-14(17)21)19-18(24)22-15-5-3-4-6-16(15)23-19/h3-9,12H,10-11H2,1-2H3. The first kappa shape index (κ1) is 19.2. The van der Waals surface area contributed by atoms with Gasteiger partial charge in [0.25, 0.3) is 10.0 Å². The number of hydrogen-bond acceptors (Lipinski definition) is 5. The summed E-state index contributed by atoms with van der Waals surface area (Å²) in [6.45, 7) is 4.91. The number of para-hydroxylation sites is 2. The molecule has 0 bridgehead atoms. The van der Waals surface area contributed by atoms with Crippen LogP contribution in [-0.2, 0) is 10.0 Å². The molecule has 0 fully saturated rings. The van der Waals surface area contributed by atoms with Crippen LogP contribution < -0.4 is 9.21 Å². The molecule has 0 unspecified atom stereocenters. The van der Waals surface area contributed by atoms with Crippen LogP contribution in [0.2, 0.25) is 10.0 Å². The molecular formula is C19H18Cl2N4O2S. The Morgan fingerprint density at radius 1 is 1.04 bits per heavy atom. The first-order valence-corrected chi connectivity index (χ1v) is 11.0. The van der Waals surface area contributed by atoms with Crippen LogP contribution in [0.4, 0.5) is 11.6 Å². The van der Waals surface area contributed by atoms with Gasteiger partial charge in [-0.25, -0.2) is 22.7 Å². The second-order valence-electron chi connectivity index (χ2n) is 7.05. The number of hydrogen-bond donors (Lipinski definition) is 0. The normalized spacial score (nSPS) is 14.2. The van der Waals surface area contributed by atoms with Crippen LogP contribution in [0.3, 0.4) is 0 Å². The minimum absolute atomic E-state index is 0.0472. The maximum Gasteiger partial charge on any atom is 0.268 e. The highest BCUT2D eigenvalue weighted by molar-refractivity contribution is 7.93. The second-order valence-corrected chi connectivity index (χ2v) is 9.72. The van der Waals surface area contributed by atoms with Gasteiger partial charge in [-0.2, -0.15) is 0 Å². The lowest BCUT2D eigenvalue weighted by atomic mass is 10.2. The molecule has 0 aliphatic carbocycles. The number of rotatable bonds is 4. The van der Waals surface area contributed by atoms with E-state index in [9.17, 15) is 8.42 Å². The fourth-order valence-electron chi connectivity index (χ4n) is 3.22. The Kier molecular flexibility index (Phi) is 4.85. The number of aromatic nitrogens is 2. The zero-order valence-electron chi connectivity index (χ0n) is 15.3. The van der Waals surface area contributed by atoms with E-state index in [2.05, 4.69) is 23.8 Å². The first-order chi connectivity index (χ1) is 13.3. The first-order valence-electron chi connectivity index (χ1n) is 8.77. The van der Waals surface area contributed by atoms with Crippen molar-refractivity contribution in [1.29, 1.82) is 0 Å². The molecule has 2 heterocycles. The van der Waals surface area contributed by atoms with Crippen LogP contribution in [0, 0.1) is 5.92 Å². The Bertz CT molecular complexity index is 1170. The van der Waals surface area contributed by atoms with Gasteiger partial charge in [0.1, 0.15) is 11.6 Å². The van der Waals surface area contributed by atoms with E-state index in [-0.39, 0.29) is 16.6 Å². The molecule has 0 radical (unpaired) electrons. The minimum Gasteiger partial charge on any atom is -0.334 e. The van der Waals surface area contributed by atoms with Crippen molar-refractivity contribution < 1.29 is 8.42 Å². The molecule has 0 atom stereocenters. The summed E-state index contributed by atoms with van der Waals surface area (Å²) in [6, 6.07) is 11.8. The summed E-state index contributed by atoms with van der Waals surface area (Å²) >= 11 is 12.2. The summed E-state index contributed by atoms with van der Waals surface area (Å²) in [7, 11) is -3.97. The highest BCUT2D eigenvalue weighted by Gasteiger charge is 2.39. The van der Waals surface area contributed by atoms with Gasteiger partial charge in [0, 0.05) is 11.6 Å². The molecule has 6 nitrogen and oxygen atoms in total. The second kappa shape index (κ2) is 7.06. The molecule has 146 valence electrons. The summed E-state index contributed by atoms with van der Waals surface area (Å²) < 4.78 is 28.1. The molecule has 1 aliphatic rings. The van der Waals surface area contributed by atoms with Gasteiger partial charge in [0.15, 0.2) is 11.6 Å². The van der Waals surface area contributed by atoms with Crippen LogP contribution in [0.25, 0.3) is 11.0 Å². The smallest absolute Gasteiger partial charge is 0.268 e. The van der Waals surface area contributed by atoms with Crippen molar-refractivity contribution in [2.75, 3.05) is 22.4 Å². The summed E-state index contributed by atoms with van der Waals surface area (Å²) in [5, 5.41) is 0.410. The largest absolute Gasteiger partial charge is 0.334 e. The molecule has 1 aromatic heterocycles. The lowest BCUT2D eigenvalue weighted by Gasteiger charge is -2.22. The summed E-state index contributed by atoms with van der Waals surface area (Å²) in [4.78, 5) is 11.2. The molecule has 3 aromatic rings. The molecule has 28 heavy (non-hydrogen) atoms. The maximum atomic E-state index is 13.4. The van der Waals surface area contributed by atoms with E-state index in [4.69, 9.17) is 23.2 Å². The quantitative estimate of drug-likeness (QED) is 0.599. The molecular weight excluding hydrogens is 419 g/mol. The van der Waals surface area contributed by atoms with Gasteiger partial charge >= 0.3 is 0 Å². The van der Waals surface area contributed by atoms with Crippen molar-refractivity contribution in [3.05, 3.63) is 52.5 Å². The Morgan fingerprint density at radius 2 is 1.68 bits per heavy atom. The lowest BCUT2D eigenvalue weighted by Crippen LogP contribution is -2.37. The molecule has 0 spiro atoms. The van der Waals surface area contributed by atoms with E-state index in [0.29, 0.717) is 34.6 Å². The molecule has 0 N–H and O–H groups in total. The van der Waals surface area contributed by atoms with Gasteiger partial charge in [-0.3, -0.25) is 0 Å². The fourth-order valence-corrected chi connectivity index (χ4v) is 5.33. The lowest BCUT2D eigenvalue weighted by molar-refractivity contribution is 0.585. The Hall–Kier alpha value is -2.09. The third-order valence-corrected chi connectivity index (χ3v) is 6.86. The van der Waals surface area contributed by atoms with Crippen molar-refractivity contribution in [1.82, 2.24) is 9.97 Å². The van der Waals surface area contributed by atoms with E-state index < -0.39 is 10.0 Å². The van der Waals surface area contributed by atoms with Crippen molar-refractivity contribution in [2.24, 2.45) is 5.92 Å². The number of halogens is 2. The zero-order valence-corrected chi connectivity index (χ0v) is 17.6. The highest BCUT2D eigenvalue weighted by atomic mass is 35.5. The number of nitrogens with zero attached hydrogens (tertiary/aromatic N) is 4. The maximum absolute atomic E-state index is 13.4. The topological polar surface area (TPSA) is 66.4 Å². The number of sulfonamides is 1. The minimum atomic E-state index is -3.97. The monoisotopic (exact) mass is 436 g/mol. The van der Waals surface area contributed by atoms with Crippen LogP contribution in [-0.4, -0.2) is 31.6 Å². The average molecular weight is 437 g/mol. The Balaban J connectivity index is 1.89. The van der Waals surface area contributed by atoms with Gasteiger partial charge < -0.3 is 4.90 Å². The van der Waals surface area contributed by atoms with Crippen LogP contribution in [0.15, 0.2) is 47.4 Å². The highest BCUT2D eigenvalue weighted by Crippen LogP contribution is 2.39. The van der Waals surface area contributed by atoms with Crippen LogP contribution in [0.5, 0.6) is 0 Å². The molecule has 2 aromatic carbocycles. The molecule has 0 saturated carbocycles. The number of anilines is 2. The van der Waals surface area contributed by atoms with Crippen LogP contribution in [0.1, 0.15) is 13.8 Å². The van der Waals surface area contributed by atoms with E-state index in [1.54, 1.807) is 6.07 Å². The predicted molar refractivity (Wildman–Crippen MR) is 113 cm³/mol. The average Bonchev–Trinajstić information content (AvgIpc) is 2.99. The summed E-state index contributed by atoms with van der Waals surface area (Å²) in [6.07, 6.45) is 0. The third kappa shape index (κ3) is 3.27. The van der Waals surface area contributed by atoms with Gasteiger partial charge in [-0.1, -0.05) is 49.2 Å². The van der Waals surface area contributed by atoms with Crippen molar-refractivity contribution in [3.63, 3.8) is 0 Å². The van der Waals surface area contributed by atoms with E-state index in [0.717, 1.165) is 5.52 Å². The SMILES string of the molecule is CC(C)CN1CN(S(=O)(=O)c2cc(Cl)ccc2Cl)c2nc3ccccc3nc21. The van der Waals surface area contributed by atoms with Crippen LogP contribution >= 0.6 is 23.2 Å². The fraction of sp³-hybridized carbons (Fsp3) is 0.263. The van der Waals surface area contributed by atoms with E-state index >= 15 is 0 Å². The van der Waals surface area contributed by atoms with Crippen molar-refractivity contribution >= 4 is 55.9 Å². The molecule has 1 aliphatic heterocycles. The molecule has 0 amide bonds. The van der Waals surface area contributed by atoms with Gasteiger partial charge in [-0.05, 0) is 36.2 Å². The zero-order chi connectivity index (χ0) is 20.1. The Morgan fingerprint density at radius 3 is 2.32 bits per heavy atom. The van der Waals surface area contributed by atoms with E-state index in [1.165, 1.54) is 16.4 Å². The number of benzene rings is 2. The van der Waals surface area contributed by atoms with Gasteiger partial charge in [0.05, 0.1) is 16.1 Å². The molecule has 0 saturated heterocycles.